The molecule has 0 saturated carbocycles. The van der Waals surface area contributed by atoms with Gasteiger partial charge in [-0.1, -0.05) is 12.7 Å². The molecule has 0 radical (unpaired) electrons. The smallest absolute Gasteiger partial charge is 0.264 e. The van der Waals surface area contributed by atoms with E-state index in [0.29, 0.717) is 0 Å². The average molecular weight is 215 g/mol. The van der Waals surface area contributed by atoms with Gasteiger partial charge in [0, 0.05) is 12.4 Å². The fourth-order valence-electron chi connectivity index (χ4n) is 0.500. The van der Waals surface area contributed by atoms with Crippen LogP contribution in [0.15, 0.2) is 31.1 Å². The van der Waals surface area contributed by atoms with Gasteiger partial charge >= 0.3 is 0 Å². The molecular weight excluding hydrogens is 202 g/mol. The molecule has 5 heteroatoms. The molecule has 4 nitrogen and oxygen atoms in total. The predicted octanol–water partition coefficient (Wildman–Crippen LogP) is 1.62. The minimum atomic E-state index is -3.66. The molecule has 1 aromatic rings. The monoisotopic (exact) mass is 215 g/mol. The lowest BCUT2D eigenvalue weighted by Crippen LogP contribution is -1.97. The maximum Gasteiger partial charge on any atom is 0.264 e. The molecular formula is C9H13NO3S. The third kappa shape index (κ3) is 7.45. The van der Waals surface area contributed by atoms with Crippen molar-refractivity contribution in [2.24, 2.45) is 0 Å². The van der Waals surface area contributed by atoms with E-state index in [0.717, 1.165) is 5.56 Å². The summed E-state index contributed by atoms with van der Waals surface area (Å²) < 4.78 is 26.9. The fraction of sp³-hybridized carbons (Fsp3) is 0.222. The predicted molar refractivity (Wildman–Crippen MR) is 56.4 cm³/mol. The molecule has 1 heterocycles. The Morgan fingerprint density at radius 3 is 2.14 bits per heavy atom. The van der Waals surface area contributed by atoms with Gasteiger partial charge in [0.15, 0.2) is 0 Å². The van der Waals surface area contributed by atoms with Crippen molar-refractivity contribution in [3.8, 4) is 0 Å². The van der Waals surface area contributed by atoms with Crippen LogP contribution in [-0.4, -0.2) is 23.7 Å². The Hall–Kier alpha value is -1.20. The highest BCUT2D eigenvalue weighted by atomic mass is 32.2. The Balaban J connectivity index is 0.000000255. The summed E-state index contributed by atoms with van der Waals surface area (Å²) >= 11 is 0. The van der Waals surface area contributed by atoms with Crippen molar-refractivity contribution in [1.29, 1.82) is 0 Å². The third-order valence-electron chi connectivity index (χ3n) is 1.31. The summed E-state index contributed by atoms with van der Waals surface area (Å²) in [5, 5.41) is 0. The molecule has 0 unspecified atom stereocenters. The van der Waals surface area contributed by atoms with Crippen LogP contribution >= 0.6 is 0 Å². The van der Waals surface area contributed by atoms with Gasteiger partial charge in [-0.3, -0.25) is 9.54 Å². The Bertz CT molecular complexity index is 359. The van der Waals surface area contributed by atoms with Crippen molar-refractivity contribution in [1.82, 2.24) is 4.98 Å². The topological polar surface area (TPSA) is 67.3 Å². The summed E-state index contributed by atoms with van der Waals surface area (Å²) in [5.41, 5.74) is 1.11. The standard InChI is InChI=1S/C7H7N.C2H6O3S/c1-2-7-3-5-8-6-4-7;1-2-6(3,4)5/h2-6H,1H2;2H2,1H3,(H,3,4,5). The van der Waals surface area contributed by atoms with E-state index in [9.17, 15) is 8.42 Å². The van der Waals surface area contributed by atoms with E-state index in [1.165, 1.54) is 6.92 Å². The van der Waals surface area contributed by atoms with Crippen LogP contribution in [0, 0.1) is 0 Å². The molecule has 0 atom stereocenters. The lowest BCUT2D eigenvalue weighted by molar-refractivity contribution is 0.484. The molecule has 78 valence electrons. The van der Waals surface area contributed by atoms with Crippen LogP contribution in [0.2, 0.25) is 0 Å². The summed E-state index contributed by atoms with van der Waals surface area (Å²) in [6.07, 6.45) is 5.29. The van der Waals surface area contributed by atoms with Crippen LogP contribution < -0.4 is 0 Å². The Kier molecular flexibility index (Phi) is 5.74. The largest absolute Gasteiger partial charge is 0.286 e. The highest BCUT2D eigenvalue weighted by molar-refractivity contribution is 7.85. The zero-order valence-corrected chi connectivity index (χ0v) is 8.74. The van der Waals surface area contributed by atoms with Crippen molar-refractivity contribution in [3.05, 3.63) is 36.7 Å². The van der Waals surface area contributed by atoms with Gasteiger partial charge in [-0.25, -0.2) is 0 Å². The van der Waals surface area contributed by atoms with E-state index in [-0.39, 0.29) is 5.75 Å². The molecule has 0 spiro atoms. The Morgan fingerprint density at radius 1 is 1.50 bits per heavy atom. The molecule has 0 bridgehead atoms. The van der Waals surface area contributed by atoms with Crippen molar-refractivity contribution in [2.45, 2.75) is 6.92 Å². The Labute approximate surface area is 84.1 Å². The van der Waals surface area contributed by atoms with E-state index in [4.69, 9.17) is 4.55 Å². The lowest BCUT2D eigenvalue weighted by atomic mass is 10.3. The molecule has 1 rings (SSSR count). The van der Waals surface area contributed by atoms with Crippen molar-refractivity contribution >= 4 is 16.2 Å². The molecule has 0 aliphatic heterocycles. The van der Waals surface area contributed by atoms with Gasteiger partial charge in [0.25, 0.3) is 10.1 Å². The van der Waals surface area contributed by atoms with Gasteiger partial charge < -0.3 is 0 Å². The summed E-state index contributed by atoms with van der Waals surface area (Å²) in [6.45, 7) is 4.97. The first-order chi connectivity index (χ1) is 6.49. The Morgan fingerprint density at radius 2 is 1.93 bits per heavy atom. The quantitative estimate of drug-likeness (QED) is 0.761. The first-order valence-corrected chi connectivity index (χ1v) is 5.58. The van der Waals surface area contributed by atoms with Gasteiger partial charge in [-0.2, -0.15) is 8.42 Å². The number of rotatable bonds is 2. The number of hydrogen-bond donors (Lipinski definition) is 1. The summed E-state index contributed by atoms with van der Waals surface area (Å²) in [7, 11) is -3.66. The van der Waals surface area contributed by atoms with Crippen LogP contribution in [0.1, 0.15) is 12.5 Å². The van der Waals surface area contributed by atoms with E-state index in [2.05, 4.69) is 11.6 Å². The molecule has 0 fully saturated rings. The third-order valence-corrected chi connectivity index (χ3v) is 2.04. The maximum atomic E-state index is 9.56. The van der Waals surface area contributed by atoms with E-state index >= 15 is 0 Å². The second kappa shape index (κ2) is 6.28. The molecule has 1 N–H and O–H groups in total. The second-order valence-electron chi connectivity index (χ2n) is 2.36. The normalized spacial score (nSPS) is 9.86. The molecule has 0 amide bonds. The van der Waals surface area contributed by atoms with Gasteiger partial charge in [-0.05, 0) is 24.6 Å². The van der Waals surface area contributed by atoms with Crippen molar-refractivity contribution in [3.63, 3.8) is 0 Å². The van der Waals surface area contributed by atoms with Crippen LogP contribution in [-0.2, 0) is 10.1 Å². The molecule has 1 aromatic heterocycles. The number of aromatic nitrogens is 1. The first kappa shape index (κ1) is 12.8. The summed E-state index contributed by atoms with van der Waals surface area (Å²) in [4.78, 5) is 3.85. The minimum absolute atomic E-state index is 0.201. The number of nitrogens with zero attached hydrogens (tertiary/aromatic N) is 1. The molecule has 0 aliphatic rings. The highest BCUT2D eigenvalue weighted by Crippen LogP contribution is 1.94. The van der Waals surface area contributed by atoms with Crippen LogP contribution in [0.4, 0.5) is 0 Å². The zero-order chi connectivity index (χ0) is 11.0. The maximum absolute atomic E-state index is 9.56. The molecule has 0 saturated heterocycles. The van der Waals surface area contributed by atoms with Gasteiger partial charge in [0.1, 0.15) is 0 Å². The van der Waals surface area contributed by atoms with Crippen LogP contribution in [0.3, 0.4) is 0 Å². The highest BCUT2D eigenvalue weighted by Gasteiger charge is 1.93. The molecule has 14 heavy (non-hydrogen) atoms. The van der Waals surface area contributed by atoms with E-state index in [1.807, 2.05) is 12.1 Å². The number of hydrogen-bond acceptors (Lipinski definition) is 3. The molecule has 0 aromatic carbocycles. The summed E-state index contributed by atoms with van der Waals surface area (Å²) in [6, 6.07) is 3.82. The van der Waals surface area contributed by atoms with Gasteiger partial charge in [0.2, 0.25) is 0 Å². The van der Waals surface area contributed by atoms with Crippen molar-refractivity contribution < 1.29 is 13.0 Å². The van der Waals surface area contributed by atoms with Crippen molar-refractivity contribution in [2.75, 3.05) is 5.75 Å². The number of pyridine rings is 1. The zero-order valence-electron chi connectivity index (χ0n) is 7.92. The van der Waals surface area contributed by atoms with Gasteiger partial charge in [-0.15, -0.1) is 0 Å². The minimum Gasteiger partial charge on any atom is -0.286 e. The van der Waals surface area contributed by atoms with Crippen LogP contribution in [0.25, 0.3) is 6.08 Å². The van der Waals surface area contributed by atoms with E-state index < -0.39 is 10.1 Å². The second-order valence-corrected chi connectivity index (χ2v) is 4.10. The lowest BCUT2D eigenvalue weighted by Gasteiger charge is -1.84. The van der Waals surface area contributed by atoms with E-state index in [1.54, 1.807) is 18.5 Å². The molecule has 0 aliphatic carbocycles. The SMILES string of the molecule is C=Cc1ccncc1.CCS(=O)(=O)O. The fourth-order valence-corrected chi connectivity index (χ4v) is 0.500. The summed E-state index contributed by atoms with van der Waals surface area (Å²) in [5.74, 6) is -0.201. The van der Waals surface area contributed by atoms with Gasteiger partial charge in [0.05, 0.1) is 5.75 Å². The first-order valence-electron chi connectivity index (χ1n) is 3.97. The average Bonchev–Trinajstić information content (AvgIpc) is 2.19. The van der Waals surface area contributed by atoms with Crippen LogP contribution in [0.5, 0.6) is 0 Å².